The molecule has 15 heavy (non-hydrogen) atoms. The molecule has 2 heterocycles. The van der Waals surface area contributed by atoms with E-state index in [4.69, 9.17) is 10.5 Å². The summed E-state index contributed by atoms with van der Waals surface area (Å²) in [5.74, 6) is 0.598. The van der Waals surface area contributed by atoms with Gasteiger partial charge in [0.15, 0.2) is 0 Å². The highest BCUT2D eigenvalue weighted by molar-refractivity contribution is 5.23. The third kappa shape index (κ3) is 3.21. The van der Waals surface area contributed by atoms with Gasteiger partial charge in [-0.1, -0.05) is 0 Å². The van der Waals surface area contributed by atoms with Crippen LogP contribution in [-0.2, 0) is 11.3 Å². The zero-order chi connectivity index (χ0) is 10.5. The van der Waals surface area contributed by atoms with E-state index in [1.165, 1.54) is 0 Å². The lowest BCUT2D eigenvalue weighted by Gasteiger charge is -2.26. The molecule has 0 amide bonds. The molecular formula is C10H18N4O. The van der Waals surface area contributed by atoms with Gasteiger partial charge in [-0.15, -0.1) is 0 Å². The number of hydrogen-bond donors (Lipinski definition) is 1. The maximum absolute atomic E-state index is 5.53. The molecule has 0 radical (unpaired) electrons. The van der Waals surface area contributed by atoms with E-state index in [1.54, 1.807) is 0 Å². The summed E-state index contributed by atoms with van der Waals surface area (Å²) < 4.78 is 7.19. The van der Waals surface area contributed by atoms with Gasteiger partial charge in [-0.2, -0.15) is 5.10 Å². The van der Waals surface area contributed by atoms with Crippen LogP contribution >= 0.6 is 0 Å². The van der Waals surface area contributed by atoms with Crippen molar-refractivity contribution in [1.29, 1.82) is 0 Å². The Balaban J connectivity index is 1.65. The van der Waals surface area contributed by atoms with E-state index >= 15 is 0 Å². The van der Waals surface area contributed by atoms with Crippen LogP contribution in [-0.4, -0.2) is 47.5 Å². The number of rotatable bonds is 4. The van der Waals surface area contributed by atoms with Gasteiger partial charge < -0.3 is 10.5 Å². The predicted octanol–water partition coefficient (Wildman–Crippen LogP) is 0.188. The molecule has 1 fully saturated rings. The Morgan fingerprint density at radius 2 is 2.13 bits per heavy atom. The molecule has 2 rings (SSSR count). The number of nitrogens with zero attached hydrogens (tertiary/aromatic N) is 3. The van der Waals surface area contributed by atoms with Gasteiger partial charge in [0.25, 0.3) is 0 Å². The van der Waals surface area contributed by atoms with Crippen molar-refractivity contribution in [2.75, 3.05) is 38.6 Å². The van der Waals surface area contributed by atoms with E-state index in [2.05, 4.69) is 10.00 Å². The minimum Gasteiger partial charge on any atom is -0.382 e. The Morgan fingerprint density at radius 3 is 2.80 bits per heavy atom. The molecule has 0 spiro atoms. The second-order valence-electron chi connectivity index (χ2n) is 3.81. The number of anilines is 1. The number of hydrogen-bond acceptors (Lipinski definition) is 4. The lowest BCUT2D eigenvalue weighted by Crippen LogP contribution is -2.37. The molecule has 1 aliphatic heterocycles. The van der Waals surface area contributed by atoms with E-state index in [9.17, 15) is 0 Å². The van der Waals surface area contributed by atoms with Crippen LogP contribution in [0, 0.1) is 0 Å². The van der Waals surface area contributed by atoms with Crippen molar-refractivity contribution in [1.82, 2.24) is 14.7 Å². The molecule has 1 aliphatic rings. The molecule has 84 valence electrons. The highest BCUT2D eigenvalue weighted by Gasteiger charge is 2.09. The van der Waals surface area contributed by atoms with Gasteiger partial charge in [-0.25, -0.2) is 0 Å². The number of aromatic nitrogens is 2. The van der Waals surface area contributed by atoms with Crippen molar-refractivity contribution in [2.24, 2.45) is 0 Å². The lowest BCUT2D eigenvalue weighted by molar-refractivity contribution is 0.0368. The van der Waals surface area contributed by atoms with Gasteiger partial charge in [0, 0.05) is 32.4 Å². The molecule has 0 saturated carbocycles. The predicted molar refractivity (Wildman–Crippen MR) is 58.5 cm³/mol. The molecule has 0 atom stereocenters. The minimum absolute atomic E-state index is 0.598. The van der Waals surface area contributed by atoms with E-state index < -0.39 is 0 Å². The first-order valence-electron chi connectivity index (χ1n) is 5.43. The highest BCUT2D eigenvalue weighted by Crippen LogP contribution is 2.01. The van der Waals surface area contributed by atoms with Crippen molar-refractivity contribution in [3.8, 4) is 0 Å². The largest absolute Gasteiger partial charge is 0.382 e. The summed E-state index contributed by atoms with van der Waals surface area (Å²) in [6.45, 7) is 5.91. The second kappa shape index (κ2) is 5.14. The van der Waals surface area contributed by atoms with Crippen LogP contribution < -0.4 is 5.73 Å². The molecular weight excluding hydrogens is 192 g/mol. The summed E-state index contributed by atoms with van der Waals surface area (Å²) >= 11 is 0. The first kappa shape index (κ1) is 10.4. The summed E-state index contributed by atoms with van der Waals surface area (Å²) in [5, 5.41) is 4.14. The van der Waals surface area contributed by atoms with Gasteiger partial charge in [-0.05, 0) is 12.5 Å². The van der Waals surface area contributed by atoms with Crippen molar-refractivity contribution in [3.05, 3.63) is 12.3 Å². The maximum atomic E-state index is 5.53. The fourth-order valence-corrected chi connectivity index (χ4v) is 1.78. The Morgan fingerprint density at radius 1 is 1.33 bits per heavy atom. The van der Waals surface area contributed by atoms with Gasteiger partial charge >= 0.3 is 0 Å². The standard InChI is InChI=1S/C10H18N4O/c11-10-2-5-14(12-10)4-1-3-13-6-8-15-9-7-13/h2,5H,1,3-4,6-9H2,(H2,11,12). The Labute approximate surface area is 89.8 Å². The molecule has 5 nitrogen and oxygen atoms in total. The summed E-state index contributed by atoms with van der Waals surface area (Å²) in [7, 11) is 0. The second-order valence-corrected chi connectivity index (χ2v) is 3.81. The average Bonchev–Trinajstić information content (AvgIpc) is 2.66. The van der Waals surface area contributed by atoms with Crippen LogP contribution in [0.3, 0.4) is 0 Å². The third-order valence-corrected chi connectivity index (χ3v) is 2.63. The number of nitrogen functional groups attached to an aromatic ring is 1. The quantitative estimate of drug-likeness (QED) is 0.770. The molecule has 5 heteroatoms. The highest BCUT2D eigenvalue weighted by atomic mass is 16.5. The Kier molecular flexibility index (Phi) is 3.58. The fraction of sp³-hybridized carbons (Fsp3) is 0.700. The zero-order valence-electron chi connectivity index (χ0n) is 8.93. The van der Waals surface area contributed by atoms with Crippen molar-refractivity contribution in [2.45, 2.75) is 13.0 Å². The van der Waals surface area contributed by atoms with Gasteiger partial charge in [0.1, 0.15) is 5.82 Å². The van der Waals surface area contributed by atoms with Crippen LogP contribution in [0.1, 0.15) is 6.42 Å². The molecule has 1 saturated heterocycles. The molecule has 0 unspecified atom stereocenters. The summed E-state index contributed by atoms with van der Waals surface area (Å²) in [6, 6.07) is 1.83. The maximum Gasteiger partial charge on any atom is 0.145 e. The lowest BCUT2D eigenvalue weighted by atomic mass is 10.3. The van der Waals surface area contributed by atoms with Gasteiger partial charge in [0.2, 0.25) is 0 Å². The molecule has 0 aromatic carbocycles. The van der Waals surface area contributed by atoms with Crippen molar-refractivity contribution < 1.29 is 4.74 Å². The number of aryl methyl sites for hydroxylation is 1. The Bertz CT molecular complexity index is 293. The minimum atomic E-state index is 0.598. The molecule has 2 N–H and O–H groups in total. The first-order valence-corrected chi connectivity index (χ1v) is 5.43. The van der Waals surface area contributed by atoms with Crippen LogP contribution in [0.5, 0.6) is 0 Å². The molecule has 0 bridgehead atoms. The third-order valence-electron chi connectivity index (χ3n) is 2.63. The van der Waals surface area contributed by atoms with Crippen LogP contribution in [0.15, 0.2) is 12.3 Å². The molecule has 1 aromatic rings. The van der Waals surface area contributed by atoms with Crippen molar-refractivity contribution in [3.63, 3.8) is 0 Å². The summed E-state index contributed by atoms with van der Waals surface area (Å²) in [5.41, 5.74) is 5.53. The topological polar surface area (TPSA) is 56.3 Å². The number of ether oxygens (including phenoxy) is 1. The fourth-order valence-electron chi connectivity index (χ4n) is 1.78. The average molecular weight is 210 g/mol. The van der Waals surface area contributed by atoms with Gasteiger partial charge in [0.05, 0.1) is 13.2 Å². The van der Waals surface area contributed by atoms with Gasteiger partial charge in [-0.3, -0.25) is 9.58 Å². The van der Waals surface area contributed by atoms with E-state index in [0.29, 0.717) is 5.82 Å². The molecule has 1 aromatic heterocycles. The smallest absolute Gasteiger partial charge is 0.145 e. The van der Waals surface area contributed by atoms with Crippen molar-refractivity contribution >= 4 is 5.82 Å². The monoisotopic (exact) mass is 210 g/mol. The SMILES string of the molecule is Nc1ccn(CCCN2CCOCC2)n1. The van der Waals surface area contributed by atoms with Crippen LogP contribution in [0.2, 0.25) is 0 Å². The normalized spacial score (nSPS) is 18.1. The van der Waals surface area contributed by atoms with E-state index in [1.807, 2.05) is 16.9 Å². The van der Waals surface area contributed by atoms with E-state index in [0.717, 1.165) is 45.8 Å². The summed E-state index contributed by atoms with van der Waals surface area (Å²) in [6.07, 6.45) is 3.04. The van der Waals surface area contributed by atoms with Crippen LogP contribution in [0.25, 0.3) is 0 Å². The molecule has 0 aliphatic carbocycles. The Hall–Kier alpha value is -1.07. The summed E-state index contributed by atoms with van der Waals surface area (Å²) in [4.78, 5) is 2.43. The number of nitrogens with two attached hydrogens (primary N) is 1. The zero-order valence-corrected chi connectivity index (χ0v) is 8.93. The van der Waals surface area contributed by atoms with E-state index in [-0.39, 0.29) is 0 Å². The first-order chi connectivity index (χ1) is 7.34. The number of morpholine rings is 1. The van der Waals surface area contributed by atoms with Crippen LogP contribution in [0.4, 0.5) is 5.82 Å².